The summed E-state index contributed by atoms with van der Waals surface area (Å²) < 4.78 is 0. The topological polar surface area (TPSA) is 130 Å². The van der Waals surface area contributed by atoms with Crippen LogP contribution in [-0.4, -0.2) is 53.2 Å². The van der Waals surface area contributed by atoms with Gasteiger partial charge in [-0.15, -0.1) is 0 Å². The second-order valence-electron chi connectivity index (χ2n) is 9.20. The summed E-state index contributed by atoms with van der Waals surface area (Å²) in [5, 5.41) is 5.53. The zero-order valence-electron chi connectivity index (χ0n) is 21.8. The van der Waals surface area contributed by atoms with Crippen LogP contribution in [0.3, 0.4) is 0 Å². The Hall–Kier alpha value is -4.89. The van der Waals surface area contributed by atoms with E-state index in [1.54, 1.807) is 48.5 Å². The fraction of sp³-hybridized carbons (Fsp3) is 0.167. The van der Waals surface area contributed by atoms with Gasteiger partial charge in [0.2, 0.25) is 0 Å². The SMILES string of the molecule is CN(C)CCCc1cc(C(=O)Nc2ccccc2C(=O)Nc2ccccc2C(N)=O)nc(-c2ccccc2)n1. The molecule has 198 valence electrons. The first-order chi connectivity index (χ1) is 18.8. The zero-order valence-corrected chi connectivity index (χ0v) is 21.8. The van der Waals surface area contributed by atoms with Gasteiger partial charge in [0.1, 0.15) is 5.69 Å². The summed E-state index contributed by atoms with van der Waals surface area (Å²) in [4.78, 5) is 49.6. The van der Waals surface area contributed by atoms with E-state index in [-0.39, 0.29) is 22.5 Å². The van der Waals surface area contributed by atoms with Crippen molar-refractivity contribution in [2.75, 3.05) is 31.3 Å². The summed E-state index contributed by atoms with van der Waals surface area (Å²) in [6.45, 7) is 0.883. The lowest BCUT2D eigenvalue weighted by Gasteiger charge is -2.14. The number of hydrogen-bond acceptors (Lipinski definition) is 6. The van der Waals surface area contributed by atoms with Crippen LogP contribution in [0.2, 0.25) is 0 Å². The number of amides is 3. The standard InChI is InChI=1S/C30H30N6O3/c1-36(2)18-10-13-21-19-26(33-28(32-21)20-11-4-3-5-12-20)30(39)35-25-17-9-7-15-23(25)29(38)34-24-16-8-6-14-22(24)27(31)37/h3-9,11-12,14-17,19H,10,13,18H2,1-2H3,(H2,31,37)(H,34,38)(H,35,39). The molecule has 3 aromatic carbocycles. The Morgan fingerprint density at radius 2 is 1.36 bits per heavy atom. The highest BCUT2D eigenvalue weighted by Gasteiger charge is 2.18. The molecule has 0 unspecified atom stereocenters. The number of benzene rings is 3. The van der Waals surface area contributed by atoms with E-state index in [2.05, 4.69) is 20.5 Å². The largest absolute Gasteiger partial charge is 0.366 e. The maximum absolute atomic E-state index is 13.4. The molecule has 0 spiro atoms. The summed E-state index contributed by atoms with van der Waals surface area (Å²) >= 11 is 0. The molecule has 0 aliphatic carbocycles. The Kier molecular flexibility index (Phi) is 8.75. The molecule has 3 amide bonds. The first-order valence-corrected chi connectivity index (χ1v) is 12.5. The Balaban J connectivity index is 1.60. The maximum atomic E-state index is 13.4. The quantitative estimate of drug-likeness (QED) is 0.286. The van der Waals surface area contributed by atoms with Gasteiger partial charge in [-0.05, 0) is 63.8 Å². The lowest BCUT2D eigenvalue weighted by Crippen LogP contribution is -2.21. The minimum atomic E-state index is -0.660. The number of nitrogens with one attached hydrogen (secondary N) is 2. The van der Waals surface area contributed by atoms with Gasteiger partial charge >= 0.3 is 0 Å². The van der Waals surface area contributed by atoms with Crippen molar-refractivity contribution in [2.24, 2.45) is 5.73 Å². The second kappa shape index (κ2) is 12.6. The van der Waals surface area contributed by atoms with E-state index in [0.717, 1.165) is 24.2 Å². The number of para-hydroxylation sites is 2. The van der Waals surface area contributed by atoms with Crippen molar-refractivity contribution in [3.8, 4) is 11.4 Å². The van der Waals surface area contributed by atoms with Crippen LogP contribution >= 0.6 is 0 Å². The normalized spacial score (nSPS) is 10.7. The lowest BCUT2D eigenvalue weighted by atomic mass is 10.1. The molecule has 0 bridgehead atoms. The van der Waals surface area contributed by atoms with Gasteiger partial charge in [0.25, 0.3) is 17.7 Å². The number of nitrogens with two attached hydrogens (primary N) is 1. The average molecular weight is 523 g/mol. The number of carbonyl (C=O) groups excluding carboxylic acids is 3. The third kappa shape index (κ3) is 7.12. The van der Waals surface area contributed by atoms with E-state index in [9.17, 15) is 14.4 Å². The molecule has 4 N–H and O–H groups in total. The minimum Gasteiger partial charge on any atom is -0.366 e. The molecule has 0 saturated carbocycles. The fourth-order valence-corrected chi connectivity index (χ4v) is 4.01. The van der Waals surface area contributed by atoms with E-state index >= 15 is 0 Å². The molecule has 1 heterocycles. The summed E-state index contributed by atoms with van der Waals surface area (Å²) in [6, 6.07) is 24.2. The Labute approximate surface area is 227 Å². The molecular formula is C30H30N6O3. The van der Waals surface area contributed by atoms with Crippen molar-refractivity contribution >= 4 is 29.1 Å². The van der Waals surface area contributed by atoms with Crippen LogP contribution in [-0.2, 0) is 6.42 Å². The van der Waals surface area contributed by atoms with Gasteiger partial charge in [0.15, 0.2) is 5.82 Å². The molecule has 39 heavy (non-hydrogen) atoms. The fourth-order valence-electron chi connectivity index (χ4n) is 4.01. The number of nitrogens with zero attached hydrogens (tertiary/aromatic N) is 3. The first-order valence-electron chi connectivity index (χ1n) is 12.5. The van der Waals surface area contributed by atoms with E-state index in [0.29, 0.717) is 17.9 Å². The van der Waals surface area contributed by atoms with Crippen molar-refractivity contribution < 1.29 is 14.4 Å². The van der Waals surface area contributed by atoms with Crippen LogP contribution in [0.5, 0.6) is 0 Å². The van der Waals surface area contributed by atoms with Gasteiger partial charge in [-0.1, -0.05) is 54.6 Å². The molecule has 0 saturated heterocycles. The number of anilines is 2. The summed E-state index contributed by atoms with van der Waals surface area (Å²) in [6.07, 6.45) is 1.55. The molecule has 0 aliphatic rings. The van der Waals surface area contributed by atoms with Gasteiger partial charge < -0.3 is 21.3 Å². The van der Waals surface area contributed by atoms with Crippen LogP contribution in [0.1, 0.15) is 43.3 Å². The zero-order chi connectivity index (χ0) is 27.8. The van der Waals surface area contributed by atoms with E-state index < -0.39 is 17.7 Å². The Bertz CT molecular complexity index is 1490. The van der Waals surface area contributed by atoms with Crippen LogP contribution in [0.25, 0.3) is 11.4 Å². The van der Waals surface area contributed by atoms with E-state index in [4.69, 9.17) is 10.7 Å². The molecule has 4 rings (SSSR count). The monoisotopic (exact) mass is 522 g/mol. The summed E-state index contributed by atoms with van der Waals surface area (Å²) in [5.74, 6) is -1.18. The predicted octanol–water partition coefficient (Wildman–Crippen LogP) is 4.24. The number of rotatable bonds is 10. The number of aryl methyl sites for hydroxylation is 1. The molecule has 9 heteroatoms. The van der Waals surface area contributed by atoms with Gasteiger partial charge in [-0.3, -0.25) is 14.4 Å². The number of primary amides is 1. The highest BCUT2D eigenvalue weighted by atomic mass is 16.2. The van der Waals surface area contributed by atoms with E-state index in [1.165, 1.54) is 6.07 Å². The van der Waals surface area contributed by atoms with Crippen molar-refractivity contribution in [1.82, 2.24) is 14.9 Å². The van der Waals surface area contributed by atoms with Gasteiger partial charge in [-0.25, -0.2) is 9.97 Å². The van der Waals surface area contributed by atoms with Crippen LogP contribution in [0, 0.1) is 0 Å². The van der Waals surface area contributed by atoms with Gasteiger partial charge in [0.05, 0.1) is 22.5 Å². The van der Waals surface area contributed by atoms with Gasteiger partial charge in [0, 0.05) is 11.3 Å². The number of hydrogen-bond donors (Lipinski definition) is 3. The molecular weight excluding hydrogens is 492 g/mol. The summed E-state index contributed by atoms with van der Waals surface area (Å²) in [5.41, 5.74) is 8.16. The third-order valence-electron chi connectivity index (χ3n) is 5.94. The highest BCUT2D eigenvalue weighted by molar-refractivity contribution is 6.13. The average Bonchev–Trinajstić information content (AvgIpc) is 2.93. The van der Waals surface area contributed by atoms with Crippen LogP contribution in [0.15, 0.2) is 84.9 Å². The predicted molar refractivity (Wildman–Crippen MR) is 152 cm³/mol. The van der Waals surface area contributed by atoms with Crippen molar-refractivity contribution in [3.05, 3.63) is 107 Å². The molecule has 0 fully saturated rings. The first kappa shape index (κ1) is 27.2. The van der Waals surface area contributed by atoms with E-state index in [1.807, 2.05) is 44.4 Å². The smallest absolute Gasteiger partial charge is 0.274 e. The number of aromatic nitrogens is 2. The molecule has 0 radical (unpaired) electrons. The highest BCUT2D eigenvalue weighted by Crippen LogP contribution is 2.22. The number of carbonyl (C=O) groups is 3. The lowest BCUT2D eigenvalue weighted by molar-refractivity contribution is 0.0997. The maximum Gasteiger partial charge on any atom is 0.274 e. The molecule has 4 aromatic rings. The Morgan fingerprint density at radius 1 is 0.769 bits per heavy atom. The molecule has 1 aromatic heterocycles. The van der Waals surface area contributed by atoms with Crippen molar-refractivity contribution in [1.29, 1.82) is 0 Å². The van der Waals surface area contributed by atoms with Crippen LogP contribution < -0.4 is 16.4 Å². The third-order valence-corrected chi connectivity index (χ3v) is 5.94. The Morgan fingerprint density at radius 3 is 2.03 bits per heavy atom. The van der Waals surface area contributed by atoms with Crippen LogP contribution in [0.4, 0.5) is 11.4 Å². The molecule has 0 atom stereocenters. The minimum absolute atomic E-state index is 0.184. The van der Waals surface area contributed by atoms with Crippen molar-refractivity contribution in [3.63, 3.8) is 0 Å². The van der Waals surface area contributed by atoms with Crippen molar-refractivity contribution in [2.45, 2.75) is 12.8 Å². The van der Waals surface area contributed by atoms with Gasteiger partial charge in [-0.2, -0.15) is 0 Å². The molecule has 9 nitrogen and oxygen atoms in total. The molecule has 0 aliphatic heterocycles. The second-order valence-corrected chi connectivity index (χ2v) is 9.20. The summed E-state index contributed by atoms with van der Waals surface area (Å²) in [7, 11) is 4.02.